The molecule has 0 saturated carbocycles. The Kier molecular flexibility index (Phi) is 11.1. The van der Waals surface area contributed by atoms with E-state index in [9.17, 15) is 45.1 Å². The molecule has 0 aliphatic carbocycles. The van der Waals surface area contributed by atoms with Crippen molar-refractivity contribution in [1.82, 2.24) is 20.6 Å². The summed E-state index contributed by atoms with van der Waals surface area (Å²) in [6.07, 6.45) is -9.05. The van der Waals surface area contributed by atoms with Crippen molar-refractivity contribution in [3.05, 3.63) is 64.6 Å². The Bertz CT molecular complexity index is 1740. The first-order valence-electron chi connectivity index (χ1n) is 13.3. The minimum Gasteiger partial charge on any atom is -0.475 e. The quantitative estimate of drug-likeness (QED) is 0.183. The highest BCUT2D eigenvalue weighted by Crippen LogP contribution is 2.39. The first-order valence-corrected chi connectivity index (χ1v) is 13.7. The first kappa shape index (κ1) is 37.3. The molecule has 4 rings (SSSR count). The van der Waals surface area contributed by atoms with Gasteiger partial charge in [0, 0.05) is 18.4 Å². The summed E-state index contributed by atoms with van der Waals surface area (Å²) < 4.78 is 84.7. The molecule has 6 N–H and O–H groups in total. The Labute approximate surface area is 271 Å². The Hall–Kier alpha value is -5.20. The summed E-state index contributed by atoms with van der Waals surface area (Å²) in [5.41, 5.74) is 0.393. The molecule has 0 bridgehead atoms. The number of carboxylic acids is 1. The molecule has 20 heteroatoms. The van der Waals surface area contributed by atoms with Gasteiger partial charge in [0.1, 0.15) is 16.9 Å². The van der Waals surface area contributed by atoms with E-state index in [4.69, 9.17) is 21.5 Å². The molecule has 0 radical (unpaired) electrons. The number of benzene rings is 2. The van der Waals surface area contributed by atoms with E-state index in [1.54, 1.807) is 31.3 Å². The van der Waals surface area contributed by atoms with Crippen molar-refractivity contribution in [2.45, 2.75) is 44.1 Å². The highest BCUT2D eigenvalue weighted by atomic mass is 35.5. The molecule has 0 fully saturated rings. The van der Waals surface area contributed by atoms with Crippen LogP contribution in [0, 0.1) is 5.82 Å². The molecule has 1 aromatic heterocycles. The number of nitrogens with zero attached hydrogens (tertiary/aromatic N) is 2. The van der Waals surface area contributed by atoms with Crippen LogP contribution in [0.15, 0.2) is 42.6 Å². The second kappa shape index (κ2) is 14.3. The van der Waals surface area contributed by atoms with Gasteiger partial charge < -0.3 is 31.7 Å². The van der Waals surface area contributed by atoms with Gasteiger partial charge in [0.2, 0.25) is 11.9 Å². The van der Waals surface area contributed by atoms with Gasteiger partial charge in [-0.15, -0.1) is 0 Å². The maximum Gasteiger partial charge on any atom is 0.490 e. The third kappa shape index (κ3) is 9.20. The van der Waals surface area contributed by atoms with Gasteiger partial charge in [-0.3, -0.25) is 14.4 Å². The third-order valence-electron chi connectivity index (χ3n) is 6.57. The number of anilines is 5. The maximum absolute atomic E-state index is 14.6. The van der Waals surface area contributed by atoms with Crippen LogP contribution < -0.4 is 26.6 Å². The largest absolute Gasteiger partial charge is 0.490 e. The number of alkyl halides is 6. The molecule has 1 aliphatic rings. The minimum absolute atomic E-state index is 0.00753. The fourth-order valence-corrected chi connectivity index (χ4v) is 4.48. The second-order valence-corrected chi connectivity index (χ2v) is 11.0. The monoisotopic (exact) mass is 707 g/mol. The number of halogens is 8. The number of fused-ring (bicyclic) bond motifs is 1. The number of rotatable bonds is 6. The Morgan fingerprint density at radius 2 is 1.69 bits per heavy atom. The van der Waals surface area contributed by atoms with Crippen molar-refractivity contribution in [2.24, 2.45) is 0 Å². The topological polar surface area (TPSA) is 174 Å². The van der Waals surface area contributed by atoms with Crippen LogP contribution in [0.4, 0.5) is 59.6 Å². The lowest BCUT2D eigenvalue weighted by molar-refractivity contribution is -0.192. The van der Waals surface area contributed by atoms with E-state index in [2.05, 4.69) is 31.2 Å². The van der Waals surface area contributed by atoms with Crippen molar-refractivity contribution < 1.29 is 55.0 Å². The lowest BCUT2D eigenvalue weighted by atomic mass is 9.79. The number of nitrogens with one attached hydrogen (secondary N) is 5. The number of para-hydroxylation sites is 1. The van der Waals surface area contributed by atoms with Gasteiger partial charge in [-0.1, -0.05) is 37.6 Å². The average molecular weight is 708 g/mol. The molecule has 2 heterocycles. The van der Waals surface area contributed by atoms with Gasteiger partial charge >= 0.3 is 24.2 Å². The highest BCUT2D eigenvalue weighted by Gasteiger charge is 2.43. The van der Waals surface area contributed by atoms with E-state index >= 15 is 0 Å². The molecule has 258 valence electrons. The van der Waals surface area contributed by atoms with Crippen LogP contribution in [-0.2, 0) is 19.8 Å². The molecule has 0 saturated heterocycles. The molecular weight excluding hydrogens is 683 g/mol. The number of carbonyl (C=O) groups excluding carboxylic acids is 3. The molecule has 1 aliphatic heterocycles. The molecule has 1 unspecified atom stereocenters. The summed E-state index contributed by atoms with van der Waals surface area (Å²) in [7, 11) is 1.40. The molecule has 2 aromatic carbocycles. The van der Waals surface area contributed by atoms with E-state index in [1.807, 2.05) is 0 Å². The van der Waals surface area contributed by atoms with Gasteiger partial charge in [-0.25, -0.2) is 14.2 Å². The number of carbonyl (C=O) groups is 4. The van der Waals surface area contributed by atoms with Crippen LogP contribution >= 0.6 is 11.6 Å². The lowest BCUT2D eigenvalue weighted by Gasteiger charge is -2.27. The van der Waals surface area contributed by atoms with E-state index < -0.39 is 53.3 Å². The van der Waals surface area contributed by atoms with Crippen LogP contribution in [0.5, 0.6) is 0 Å². The van der Waals surface area contributed by atoms with Gasteiger partial charge in [0.05, 0.1) is 17.4 Å². The fraction of sp³-hybridized carbons (Fsp3) is 0.286. The molecular formula is C28H25ClF7N7O5. The minimum atomic E-state index is -5.14. The smallest absolute Gasteiger partial charge is 0.475 e. The van der Waals surface area contributed by atoms with Crippen molar-refractivity contribution >= 4 is 64.1 Å². The van der Waals surface area contributed by atoms with Crippen LogP contribution in [0.1, 0.15) is 36.2 Å². The summed E-state index contributed by atoms with van der Waals surface area (Å²) in [4.78, 5) is 53.7. The molecule has 0 spiro atoms. The Balaban J connectivity index is 0.000000804. The lowest BCUT2D eigenvalue weighted by Crippen LogP contribution is -2.49. The zero-order chi connectivity index (χ0) is 36.2. The van der Waals surface area contributed by atoms with Crippen molar-refractivity contribution in [2.75, 3.05) is 23.0 Å². The van der Waals surface area contributed by atoms with E-state index in [0.717, 1.165) is 6.07 Å². The summed E-state index contributed by atoms with van der Waals surface area (Å²) in [5.74, 6) is -7.01. The summed E-state index contributed by atoms with van der Waals surface area (Å²) in [6, 6.07) is 7.40. The molecule has 48 heavy (non-hydrogen) atoms. The van der Waals surface area contributed by atoms with Gasteiger partial charge in [0.25, 0.3) is 5.91 Å². The SMILES string of the molecule is CNC(=O)c1cccc(F)c1Nc1nc(Nc2ccc3c(c2)NC(=O)C(NC(=O)C(F)(F)F)CC3(C)C)ncc1Cl.O=C(O)C(F)(F)F. The van der Waals surface area contributed by atoms with Gasteiger partial charge in [-0.05, 0) is 41.7 Å². The number of carboxylic acid groups (broad SMARTS) is 1. The second-order valence-electron chi connectivity index (χ2n) is 10.5. The zero-order valence-corrected chi connectivity index (χ0v) is 25.6. The molecule has 3 amide bonds. The molecule has 12 nitrogen and oxygen atoms in total. The molecule has 3 aromatic rings. The number of hydrogen-bond acceptors (Lipinski definition) is 8. The standard InChI is InChI=1S/C26H24ClF4N7O3.C2HF3O2/c1-25(2)10-18(36-23(41)26(29,30)31)22(40)35-17-9-12(7-8-14(17)25)34-24-33-11-15(27)20(38-24)37-19-13(21(39)32-3)5-4-6-16(19)28;3-2(4,5)1(6)7/h4-9,11,18H,10H2,1-3H3,(H,32,39)(H,35,40)(H,36,41)(H2,33,34,37,38);(H,6,7). The Morgan fingerprint density at radius 1 is 1.04 bits per heavy atom. The van der Waals surface area contributed by atoms with Crippen LogP contribution in [0.3, 0.4) is 0 Å². The predicted molar refractivity (Wildman–Crippen MR) is 158 cm³/mol. The first-order chi connectivity index (χ1) is 22.1. The maximum atomic E-state index is 14.6. The number of hydrogen-bond donors (Lipinski definition) is 6. The summed E-state index contributed by atoms with van der Waals surface area (Å²) in [5, 5.41) is 19.6. The predicted octanol–water partition coefficient (Wildman–Crippen LogP) is 5.42. The van der Waals surface area contributed by atoms with Crippen LogP contribution in [-0.4, -0.2) is 64.2 Å². The Morgan fingerprint density at radius 3 is 2.27 bits per heavy atom. The number of amides is 3. The third-order valence-corrected chi connectivity index (χ3v) is 6.85. The summed E-state index contributed by atoms with van der Waals surface area (Å²) >= 11 is 6.22. The van der Waals surface area contributed by atoms with Crippen LogP contribution in [0.25, 0.3) is 0 Å². The van der Waals surface area contributed by atoms with Gasteiger partial charge in [0.15, 0.2) is 5.82 Å². The zero-order valence-electron chi connectivity index (χ0n) is 24.8. The van der Waals surface area contributed by atoms with Gasteiger partial charge in [-0.2, -0.15) is 31.3 Å². The van der Waals surface area contributed by atoms with E-state index in [0.29, 0.717) is 16.9 Å². The van der Waals surface area contributed by atoms with Crippen molar-refractivity contribution in [1.29, 1.82) is 0 Å². The van der Waals surface area contributed by atoms with E-state index in [-0.39, 0.29) is 34.5 Å². The van der Waals surface area contributed by atoms with Crippen molar-refractivity contribution in [3.63, 3.8) is 0 Å². The number of aliphatic carboxylic acids is 1. The normalized spacial score (nSPS) is 15.4. The number of aromatic nitrogens is 2. The van der Waals surface area contributed by atoms with E-state index in [1.165, 1.54) is 31.4 Å². The highest BCUT2D eigenvalue weighted by molar-refractivity contribution is 6.33. The average Bonchev–Trinajstić information content (AvgIpc) is 3.07. The fourth-order valence-electron chi connectivity index (χ4n) is 4.34. The van der Waals surface area contributed by atoms with Crippen molar-refractivity contribution in [3.8, 4) is 0 Å². The summed E-state index contributed by atoms with van der Waals surface area (Å²) in [6.45, 7) is 3.48. The molecule has 1 atom stereocenters. The van der Waals surface area contributed by atoms with Crippen LogP contribution in [0.2, 0.25) is 5.02 Å².